The number of esters is 2. The van der Waals surface area contributed by atoms with Crippen molar-refractivity contribution in [3.63, 3.8) is 0 Å². The number of hydrogen-bond acceptors (Lipinski definition) is 6. The number of carbonyl (C=O) groups is 2. The molecule has 0 aliphatic heterocycles. The molecule has 0 saturated heterocycles. The first-order chi connectivity index (χ1) is 23.5. The second kappa shape index (κ2) is 32.7. The zero-order valence-corrected chi connectivity index (χ0v) is 33.5. The van der Waals surface area contributed by atoms with Crippen molar-refractivity contribution in [1.82, 2.24) is 0 Å². The predicted molar refractivity (Wildman–Crippen MR) is 204 cm³/mol. The van der Waals surface area contributed by atoms with Crippen molar-refractivity contribution >= 4 is 22.1 Å². The number of nitrogens with zero attached hydrogens (tertiary/aromatic N) is 1. The highest BCUT2D eigenvalue weighted by molar-refractivity contribution is 7.85. The van der Waals surface area contributed by atoms with Crippen molar-refractivity contribution in [3.05, 3.63) is 0 Å². The van der Waals surface area contributed by atoms with E-state index in [1.807, 2.05) is 14.1 Å². The van der Waals surface area contributed by atoms with Crippen molar-refractivity contribution in [1.29, 1.82) is 0 Å². The van der Waals surface area contributed by atoms with Gasteiger partial charge in [-0.25, -0.2) is 0 Å². The number of carbonyl (C=O) groups excluding carboxylic acids is 2. The SMILES string of the molecule is CCCCCCCCCCCCCCCC(=O)OCC(C[N+](C)(C)CCCS(=O)(=O)O)OC(=O)CCCCCCCCCCCCCCC. The van der Waals surface area contributed by atoms with Gasteiger partial charge in [-0.2, -0.15) is 8.42 Å². The zero-order chi connectivity index (χ0) is 36.5. The molecule has 0 amide bonds. The van der Waals surface area contributed by atoms with E-state index < -0.39 is 16.2 Å². The number of ether oxygens (including phenoxy) is 2. The topological polar surface area (TPSA) is 107 Å². The zero-order valence-electron chi connectivity index (χ0n) is 32.7. The van der Waals surface area contributed by atoms with E-state index in [1.165, 1.54) is 128 Å². The highest BCUT2D eigenvalue weighted by atomic mass is 32.2. The van der Waals surface area contributed by atoms with Crippen LogP contribution in [0, 0.1) is 0 Å². The third-order valence-electron chi connectivity index (χ3n) is 9.56. The van der Waals surface area contributed by atoms with Gasteiger partial charge in [0.1, 0.15) is 13.2 Å². The van der Waals surface area contributed by atoms with E-state index in [4.69, 9.17) is 14.0 Å². The van der Waals surface area contributed by atoms with Crippen LogP contribution in [0.2, 0.25) is 0 Å². The van der Waals surface area contributed by atoms with Crippen molar-refractivity contribution in [3.8, 4) is 0 Å². The summed E-state index contributed by atoms with van der Waals surface area (Å²) in [5.41, 5.74) is 0. The molecule has 0 radical (unpaired) electrons. The van der Waals surface area contributed by atoms with Crippen LogP contribution in [-0.2, 0) is 29.2 Å². The molecule has 0 bridgehead atoms. The van der Waals surface area contributed by atoms with Gasteiger partial charge in [0.2, 0.25) is 0 Å². The first-order valence-corrected chi connectivity index (χ1v) is 22.2. The Kier molecular flexibility index (Phi) is 31.9. The summed E-state index contributed by atoms with van der Waals surface area (Å²) in [6, 6.07) is 0. The molecule has 0 aliphatic rings. The molecule has 8 nitrogen and oxygen atoms in total. The van der Waals surface area contributed by atoms with E-state index in [2.05, 4.69) is 13.8 Å². The minimum atomic E-state index is -4.03. The van der Waals surface area contributed by atoms with Crippen LogP contribution in [-0.4, -0.2) is 75.0 Å². The largest absolute Gasteiger partial charge is 0.461 e. The predicted octanol–water partition coefficient (Wildman–Crippen LogP) is 10.8. The molecule has 9 heteroatoms. The molecule has 0 aromatic heterocycles. The highest BCUT2D eigenvalue weighted by Crippen LogP contribution is 2.16. The number of quaternary nitrogens is 1. The molecule has 0 saturated carbocycles. The Morgan fingerprint density at radius 2 is 0.898 bits per heavy atom. The van der Waals surface area contributed by atoms with Gasteiger partial charge >= 0.3 is 11.9 Å². The minimum absolute atomic E-state index is 0.00159. The number of hydrogen-bond donors (Lipinski definition) is 1. The first-order valence-electron chi connectivity index (χ1n) is 20.6. The van der Waals surface area contributed by atoms with Crippen LogP contribution >= 0.6 is 0 Å². The third kappa shape index (κ3) is 36.4. The smallest absolute Gasteiger partial charge is 0.306 e. The Bertz CT molecular complexity index is 878. The van der Waals surface area contributed by atoms with Crippen LogP contribution in [0.5, 0.6) is 0 Å². The summed E-state index contributed by atoms with van der Waals surface area (Å²) in [5.74, 6) is -0.859. The Labute approximate surface area is 303 Å². The Balaban J connectivity index is 4.36. The summed E-state index contributed by atoms with van der Waals surface area (Å²) in [4.78, 5) is 25.3. The number of likely N-dealkylation sites (N-methyl/N-ethyl adjacent to an activating group) is 1. The fourth-order valence-corrected chi connectivity index (χ4v) is 7.01. The van der Waals surface area contributed by atoms with E-state index in [1.54, 1.807) is 0 Å². The summed E-state index contributed by atoms with van der Waals surface area (Å²) >= 11 is 0. The molecule has 0 aliphatic carbocycles. The summed E-state index contributed by atoms with van der Waals surface area (Å²) < 4.78 is 43.2. The maximum Gasteiger partial charge on any atom is 0.306 e. The summed E-state index contributed by atoms with van der Waals surface area (Å²) in [6.45, 7) is 5.37. The molecule has 1 N–H and O–H groups in total. The fraction of sp³-hybridized carbons (Fsp3) is 0.950. The van der Waals surface area contributed by atoms with E-state index in [0.29, 0.717) is 30.4 Å². The van der Waals surface area contributed by atoms with Crippen molar-refractivity contribution in [2.75, 3.05) is 39.5 Å². The number of rotatable bonds is 37. The summed E-state index contributed by atoms with van der Waals surface area (Å²) in [5, 5.41) is 0. The second-order valence-corrected chi connectivity index (χ2v) is 16.8. The van der Waals surface area contributed by atoms with Gasteiger partial charge in [-0.05, 0) is 12.8 Å². The highest BCUT2D eigenvalue weighted by Gasteiger charge is 2.27. The van der Waals surface area contributed by atoms with E-state index >= 15 is 0 Å². The Hall–Kier alpha value is -1.19. The van der Waals surface area contributed by atoms with Crippen LogP contribution < -0.4 is 0 Å². The Morgan fingerprint density at radius 3 is 1.27 bits per heavy atom. The molecule has 1 atom stereocenters. The molecule has 0 heterocycles. The van der Waals surface area contributed by atoms with Gasteiger partial charge in [-0.1, -0.05) is 168 Å². The first kappa shape index (κ1) is 47.8. The van der Waals surface area contributed by atoms with E-state index in [0.717, 1.165) is 38.5 Å². The molecular formula is C40H80NO7S+. The maximum absolute atomic E-state index is 12.8. The summed E-state index contributed by atoms with van der Waals surface area (Å²) in [6.07, 6.45) is 32.7. The van der Waals surface area contributed by atoms with Crippen LogP contribution in [0.15, 0.2) is 0 Å². The van der Waals surface area contributed by atoms with Gasteiger partial charge in [0.15, 0.2) is 6.10 Å². The lowest BCUT2D eigenvalue weighted by atomic mass is 10.0. The molecule has 0 rings (SSSR count). The standard InChI is InChI=1S/C40H79NO7S/c1-5-7-9-11-13-15-17-19-21-23-25-27-29-32-39(42)47-37-38(36-41(3,4)34-31-35-49(44,45)46)48-40(43)33-30-28-26-24-22-20-18-16-14-12-10-8-6-2/h38H,5-37H2,1-4H3/p+1. The van der Waals surface area contributed by atoms with Gasteiger partial charge in [0, 0.05) is 19.3 Å². The number of unbranched alkanes of at least 4 members (excludes halogenated alkanes) is 24. The molecular weight excluding hydrogens is 639 g/mol. The van der Waals surface area contributed by atoms with Crippen LogP contribution in [0.25, 0.3) is 0 Å². The van der Waals surface area contributed by atoms with Gasteiger partial charge in [-0.3, -0.25) is 14.1 Å². The summed E-state index contributed by atoms with van der Waals surface area (Å²) in [7, 11) is -0.186. The average molecular weight is 719 g/mol. The molecule has 292 valence electrons. The normalized spacial score (nSPS) is 12.7. The van der Waals surface area contributed by atoms with Crippen LogP contribution in [0.1, 0.15) is 200 Å². The van der Waals surface area contributed by atoms with E-state index in [9.17, 15) is 18.0 Å². The maximum atomic E-state index is 12.8. The molecule has 49 heavy (non-hydrogen) atoms. The van der Waals surface area contributed by atoms with Crippen molar-refractivity contribution in [2.45, 2.75) is 206 Å². The van der Waals surface area contributed by atoms with Gasteiger partial charge in [0.25, 0.3) is 10.1 Å². The lowest BCUT2D eigenvalue weighted by molar-refractivity contribution is -0.893. The molecule has 0 fully saturated rings. The third-order valence-corrected chi connectivity index (χ3v) is 10.4. The molecule has 0 aromatic rings. The quantitative estimate of drug-likeness (QED) is 0.0295. The Morgan fingerprint density at radius 1 is 0.551 bits per heavy atom. The van der Waals surface area contributed by atoms with Crippen LogP contribution in [0.4, 0.5) is 0 Å². The van der Waals surface area contributed by atoms with Crippen LogP contribution in [0.3, 0.4) is 0 Å². The average Bonchev–Trinajstić information content (AvgIpc) is 3.03. The van der Waals surface area contributed by atoms with Crippen molar-refractivity contribution < 1.29 is 36.5 Å². The van der Waals surface area contributed by atoms with Gasteiger partial charge < -0.3 is 14.0 Å². The van der Waals surface area contributed by atoms with Gasteiger partial charge in [-0.15, -0.1) is 0 Å². The molecule has 0 spiro atoms. The second-order valence-electron chi connectivity index (χ2n) is 15.3. The molecule has 0 aromatic carbocycles. The lowest BCUT2D eigenvalue weighted by Crippen LogP contribution is -2.49. The minimum Gasteiger partial charge on any atom is -0.461 e. The monoisotopic (exact) mass is 719 g/mol. The van der Waals surface area contributed by atoms with Crippen molar-refractivity contribution in [2.24, 2.45) is 0 Å². The lowest BCUT2D eigenvalue weighted by Gasteiger charge is -2.33. The molecule has 1 unspecified atom stereocenters. The van der Waals surface area contributed by atoms with E-state index in [-0.39, 0.29) is 30.7 Å². The van der Waals surface area contributed by atoms with Gasteiger partial charge in [0.05, 0.1) is 26.4 Å². The fourth-order valence-electron chi connectivity index (χ4n) is 6.52.